The maximum atomic E-state index is 4.04. The molecule has 12 heavy (non-hydrogen) atoms. The van der Waals surface area contributed by atoms with Crippen molar-refractivity contribution >= 4 is 6.34 Å². The van der Waals surface area contributed by atoms with Gasteiger partial charge in [0.25, 0.3) is 0 Å². The summed E-state index contributed by atoms with van der Waals surface area (Å²) in [4.78, 5) is 5.40. The second-order valence-corrected chi connectivity index (χ2v) is 3.17. The smallest absolute Gasteiger partial charge is 0.193 e. The van der Waals surface area contributed by atoms with Crippen LogP contribution < -0.4 is 22.6 Å². The van der Waals surface area contributed by atoms with E-state index in [1.165, 1.54) is 24.3 Å². The van der Waals surface area contributed by atoms with Gasteiger partial charge in [-0.25, -0.2) is 4.99 Å². The molecule has 1 unspecified atom stereocenters. The van der Waals surface area contributed by atoms with Gasteiger partial charge >= 0.3 is 0 Å². The summed E-state index contributed by atoms with van der Waals surface area (Å²) in [5.74, 6) is 0. The quantitative estimate of drug-likeness (QED) is 0.456. The Hall–Kier alpha value is -0.380. The van der Waals surface area contributed by atoms with Crippen LogP contribution in [0.2, 0.25) is 0 Å². The van der Waals surface area contributed by atoms with Gasteiger partial charge in [-0.3, -0.25) is 4.90 Å². The molecule has 0 amide bonds. The van der Waals surface area contributed by atoms with E-state index in [4.69, 9.17) is 0 Å². The first kappa shape index (κ1) is 9.71. The second-order valence-electron chi connectivity index (χ2n) is 3.17. The lowest BCUT2D eigenvalue weighted by Crippen LogP contribution is -3.07. The highest BCUT2D eigenvalue weighted by molar-refractivity contribution is 5.47. The summed E-state index contributed by atoms with van der Waals surface area (Å²) < 4.78 is 0. The summed E-state index contributed by atoms with van der Waals surface area (Å²) in [6.45, 7) is 2.35. The van der Waals surface area contributed by atoms with Crippen molar-refractivity contribution in [1.29, 1.82) is 0 Å². The average molecular weight is 188 g/mol. The van der Waals surface area contributed by atoms with Crippen molar-refractivity contribution in [1.82, 2.24) is 5.32 Å². The molecule has 3 nitrogen and oxygen atoms in total. The SMILES string of the molecule is C1=C[NH+](C[C@@H]2CCCN2)C=N1.[Cl-]. The fourth-order valence-corrected chi connectivity index (χ4v) is 1.66. The lowest BCUT2D eigenvalue weighted by atomic mass is 10.2. The van der Waals surface area contributed by atoms with Crippen molar-refractivity contribution in [2.45, 2.75) is 18.9 Å². The van der Waals surface area contributed by atoms with Gasteiger partial charge in [-0.15, -0.1) is 0 Å². The minimum atomic E-state index is 0. The standard InChI is InChI=1S/C8H13N3.ClH/c1-2-8(10-3-1)6-11-5-4-9-7-11;/h4-5,7-8,10H,1-3,6H2;1H/t8-;/m0./s1. The third-order valence-electron chi connectivity index (χ3n) is 2.26. The van der Waals surface area contributed by atoms with E-state index >= 15 is 0 Å². The van der Waals surface area contributed by atoms with Gasteiger partial charge in [0, 0.05) is 0 Å². The van der Waals surface area contributed by atoms with Crippen molar-refractivity contribution in [3.05, 3.63) is 12.4 Å². The molecule has 0 aromatic rings. The Morgan fingerprint density at radius 2 is 2.50 bits per heavy atom. The molecule has 1 saturated heterocycles. The molecule has 0 radical (unpaired) electrons. The van der Waals surface area contributed by atoms with E-state index in [1.54, 1.807) is 0 Å². The number of hydrogen-bond donors (Lipinski definition) is 2. The average Bonchev–Trinajstić information content (AvgIpc) is 2.60. The number of halogens is 1. The van der Waals surface area contributed by atoms with Gasteiger partial charge in [-0.05, 0) is 19.4 Å². The van der Waals surface area contributed by atoms with E-state index in [1.807, 2.05) is 12.5 Å². The van der Waals surface area contributed by atoms with Crippen LogP contribution in [-0.2, 0) is 0 Å². The minimum absolute atomic E-state index is 0. The van der Waals surface area contributed by atoms with Crippen LogP contribution in [0, 0.1) is 0 Å². The van der Waals surface area contributed by atoms with E-state index in [-0.39, 0.29) is 12.4 Å². The lowest BCUT2D eigenvalue weighted by Gasteiger charge is -2.11. The molecule has 0 aliphatic carbocycles. The molecule has 2 N–H and O–H groups in total. The fourth-order valence-electron chi connectivity index (χ4n) is 1.66. The van der Waals surface area contributed by atoms with Gasteiger partial charge in [-0.2, -0.15) is 0 Å². The third-order valence-corrected chi connectivity index (χ3v) is 2.26. The highest BCUT2D eigenvalue weighted by atomic mass is 35.5. The number of aliphatic imine (C=N–C) groups is 1. The van der Waals surface area contributed by atoms with Crippen LogP contribution in [-0.4, -0.2) is 25.5 Å². The molecular weight excluding hydrogens is 174 g/mol. The fraction of sp³-hybridized carbons (Fsp3) is 0.625. The summed E-state index contributed by atoms with van der Waals surface area (Å²) in [7, 11) is 0. The summed E-state index contributed by atoms with van der Waals surface area (Å²) >= 11 is 0. The van der Waals surface area contributed by atoms with E-state index in [2.05, 4.69) is 16.5 Å². The molecule has 0 bridgehead atoms. The maximum Gasteiger partial charge on any atom is 0.193 e. The van der Waals surface area contributed by atoms with Crippen molar-refractivity contribution in [2.24, 2.45) is 4.99 Å². The Labute approximate surface area is 79.0 Å². The van der Waals surface area contributed by atoms with E-state index in [0.29, 0.717) is 6.04 Å². The largest absolute Gasteiger partial charge is 1.00 e. The van der Waals surface area contributed by atoms with Gasteiger partial charge in [0.05, 0.1) is 12.2 Å². The first-order chi connectivity index (χ1) is 5.45. The molecule has 4 heteroatoms. The van der Waals surface area contributed by atoms with E-state index in [0.717, 1.165) is 6.54 Å². The second kappa shape index (κ2) is 4.60. The van der Waals surface area contributed by atoms with Crippen molar-refractivity contribution < 1.29 is 17.3 Å². The molecule has 0 aromatic heterocycles. The Balaban J connectivity index is 0.000000720. The van der Waals surface area contributed by atoms with Crippen LogP contribution in [0.1, 0.15) is 12.8 Å². The summed E-state index contributed by atoms with van der Waals surface area (Å²) in [6.07, 6.45) is 8.58. The maximum absolute atomic E-state index is 4.04. The number of rotatable bonds is 2. The Bertz CT molecular complexity index is 173. The molecule has 0 saturated carbocycles. The Kier molecular flexibility index (Phi) is 3.72. The molecule has 0 spiro atoms. The van der Waals surface area contributed by atoms with Crippen LogP contribution in [0.25, 0.3) is 0 Å². The first-order valence-electron chi connectivity index (χ1n) is 4.24. The first-order valence-corrected chi connectivity index (χ1v) is 4.24. The molecular formula is C8H14ClN3. The van der Waals surface area contributed by atoms with Crippen molar-refractivity contribution in [3.63, 3.8) is 0 Å². The number of hydrogen-bond acceptors (Lipinski definition) is 2. The van der Waals surface area contributed by atoms with Crippen LogP contribution in [0.15, 0.2) is 17.4 Å². The van der Waals surface area contributed by atoms with Gasteiger partial charge in [0.15, 0.2) is 6.34 Å². The van der Waals surface area contributed by atoms with Crippen molar-refractivity contribution in [2.75, 3.05) is 13.1 Å². The summed E-state index contributed by atoms with van der Waals surface area (Å²) in [5.41, 5.74) is 0. The van der Waals surface area contributed by atoms with E-state index in [9.17, 15) is 0 Å². The zero-order valence-corrected chi connectivity index (χ0v) is 7.72. The molecule has 2 atom stereocenters. The molecule has 1 fully saturated rings. The highest BCUT2D eigenvalue weighted by Crippen LogP contribution is 2.01. The van der Waals surface area contributed by atoms with Crippen molar-refractivity contribution in [3.8, 4) is 0 Å². The third kappa shape index (κ3) is 2.30. The van der Waals surface area contributed by atoms with Gasteiger partial charge in [-0.1, -0.05) is 0 Å². The molecule has 2 aliphatic rings. The lowest BCUT2D eigenvalue weighted by molar-refractivity contribution is -0.738. The van der Waals surface area contributed by atoms with Crippen LogP contribution in [0.4, 0.5) is 0 Å². The molecule has 2 aliphatic heterocycles. The van der Waals surface area contributed by atoms with E-state index < -0.39 is 0 Å². The number of nitrogens with one attached hydrogen (secondary N) is 2. The Morgan fingerprint density at radius 3 is 3.08 bits per heavy atom. The highest BCUT2D eigenvalue weighted by Gasteiger charge is 2.19. The molecule has 0 aromatic carbocycles. The van der Waals surface area contributed by atoms with Gasteiger partial charge in [0.1, 0.15) is 12.7 Å². The van der Waals surface area contributed by atoms with Crippen LogP contribution in [0.3, 0.4) is 0 Å². The minimum Gasteiger partial charge on any atom is -1.00 e. The van der Waals surface area contributed by atoms with Crippen LogP contribution in [0.5, 0.6) is 0 Å². The predicted octanol–water partition coefficient (Wildman–Crippen LogP) is -3.86. The zero-order chi connectivity index (χ0) is 7.52. The molecule has 2 heterocycles. The number of nitrogens with zero attached hydrogens (tertiary/aromatic N) is 1. The zero-order valence-electron chi connectivity index (χ0n) is 6.96. The topological polar surface area (TPSA) is 28.8 Å². The normalized spacial score (nSPS) is 32.3. The summed E-state index contributed by atoms with van der Waals surface area (Å²) in [6, 6.07) is 0.708. The predicted molar refractivity (Wildman–Crippen MR) is 44.5 cm³/mol. The Morgan fingerprint density at radius 1 is 1.58 bits per heavy atom. The number of quaternary nitrogens is 1. The molecule has 68 valence electrons. The molecule has 2 rings (SSSR count). The van der Waals surface area contributed by atoms with Gasteiger partial charge in [0.2, 0.25) is 0 Å². The van der Waals surface area contributed by atoms with Gasteiger partial charge < -0.3 is 17.7 Å². The summed E-state index contributed by atoms with van der Waals surface area (Å²) in [5, 5.41) is 3.47. The monoisotopic (exact) mass is 187 g/mol. The van der Waals surface area contributed by atoms with Crippen LogP contribution >= 0.6 is 0 Å².